The minimum Gasteiger partial charge on any atom is -0.491 e. The van der Waals surface area contributed by atoms with Crippen molar-refractivity contribution in [2.75, 3.05) is 6.61 Å². The largest absolute Gasteiger partial charge is 0.491 e. The van der Waals surface area contributed by atoms with E-state index in [0.29, 0.717) is 29.3 Å². The van der Waals surface area contributed by atoms with Gasteiger partial charge in [-0.15, -0.1) is 0 Å². The van der Waals surface area contributed by atoms with Gasteiger partial charge >= 0.3 is 0 Å². The van der Waals surface area contributed by atoms with Gasteiger partial charge in [0.15, 0.2) is 11.6 Å². The van der Waals surface area contributed by atoms with Crippen LogP contribution in [-0.4, -0.2) is 36.1 Å². The van der Waals surface area contributed by atoms with Crippen molar-refractivity contribution in [3.63, 3.8) is 0 Å². The molecular weight excluding hydrogens is 368 g/mol. The van der Waals surface area contributed by atoms with E-state index >= 15 is 0 Å². The maximum atomic E-state index is 12.7. The number of aromatic nitrogens is 6. The van der Waals surface area contributed by atoms with Crippen molar-refractivity contribution in [1.82, 2.24) is 29.5 Å². The lowest BCUT2D eigenvalue weighted by Gasteiger charge is -2.07. The van der Waals surface area contributed by atoms with Crippen molar-refractivity contribution < 1.29 is 11.6 Å². The van der Waals surface area contributed by atoms with Crippen molar-refractivity contribution >= 4 is 0 Å². The van der Waals surface area contributed by atoms with Crippen LogP contribution in [0.3, 0.4) is 0 Å². The fraction of sp³-hybridized carbons (Fsp3) is 0.190. The predicted molar refractivity (Wildman–Crippen MR) is 108 cm³/mol. The average molecular weight is 393 g/mol. The first-order chi connectivity index (χ1) is 16.3. The molecule has 0 amide bonds. The quantitative estimate of drug-likeness (QED) is 0.500. The molecule has 0 aliphatic heterocycles. The molecule has 1 aromatic carbocycles. The van der Waals surface area contributed by atoms with E-state index in [2.05, 4.69) is 20.2 Å². The van der Waals surface area contributed by atoms with Crippen LogP contribution < -0.4 is 10.2 Å². The van der Waals surface area contributed by atoms with Gasteiger partial charge in [0.2, 0.25) is 5.43 Å². The molecule has 0 saturated heterocycles. The number of hydrogen-bond acceptors (Lipinski definition) is 6. The summed E-state index contributed by atoms with van der Waals surface area (Å²) in [4.78, 5) is 21.3. The summed E-state index contributed by atoms with van der Waals surface area (Å²) >= 11 is 0. The molecule has 0 aliphatic carbocycles. The number of nitrogens with zero attached hydrogens (tertiary/aromatic N) is 6. The Morgan fingerprint density at radius 2 is 2.14 bits per heavy atom. The lowest BCUT2D eigenvalue weighted by Crippen LogP contribution is -2.16. The summed E-state index contributed by atoms with van der Waals surface area (Å²) in [6.07, 6.45) is 1.96. The summed E-state index contributed by atoms with van der Waals surface area (Å²) in [6.45, 7) is 2.37. The standard InChI is InChI=1S/C21H20N6O2/c1-3-29-18-12-22-21(23-13-18)16-6-4-5-15(9-16)10-19-20(28)7-8-27(25-19)17-11-24-26(2)14-17/h4-9,11-14H,3,10H2,1-2H3/i2D,7D,8D,11D,14D. The second-order valence-corrected chi connectivity index (χ2v) is 6.05. The first-order valence-electron chi connectivity index (χ1n) is 11.5. The Morgan fingerprint density at radius 3 is 2.90 bits per heavy atom. The number of aryl methyl sites for hydroxylation is 1. The number of rotatable bonds is 6. The smallest absolute Gasteiger partial charge is 0.203 e. The molecule has 0 spiro atoms. The molecule has 146 valence electrons. The molecule has 0 fully saturated rings. The molecule has 8 heteroatoms. The van der Waals surface area contributed by atoms with Crippen LogP contribution in [0.1, 0.15) is 25.0 Å². The van der Waals surface area contributed by atoms with Gasteiger partial charge in [-0.1, -0.05) is 18.2 Å². The highest BCUT2D eigenvalue weighted by Crippen LogP contribution is 2.19. The van der Waals surface area contributed by atoms with Gasteiger partial charge in [0, 0.05) is 32.6 Å². The van der Waals surface area contributed by atoms with Crippen LogP contribution in [0.5, 0.6) is 5.75 Å². The molecule has 29 heavy (non-hydrogen) atoms. The molecule has 3 heterocycles. The fourth-order valence-corrected chi connectivity index (χ4v) is 2.68. The lowest BCUT2D eigenvalue weighted by molar-refractivity contribution is 0.337. The van der Waals surface area contributed by atoms with Crippen LogP contribution in [0.4, 0.5) is 0 Å². The molecule has 4 aromatic rings. The minimum absolute atomic E-state index is 0.0248. The highest BCUT2D eigenvalue weighted by molar-refractivity contribution is 5.56. The van der Waals surface area contributed by atoms with E-state index in [4.69, 9.17) is 11.6 Å². The van der Waals surface area contributed by atoms with Crippen molar-refractivity contribution in [2.24, 2.45) is 7.02 Å². The summed E-state index contributed by atoms with van der Waals surface area (Å²) in [5, 5.41) is 7.97. The summed E-state index contributed by atoms with van der Waals surface area (Å²) in [5.74, 6) is 1.03. The highest BCUT2D eigenvalue weighted by Gasteiger charge is 2.09. The molecule has 0 N–H and O–H groups in total. The number of ether oxygens (including phenoxy) is 1. The van der Waals surface area contributed by atoms with Crippen molar-refractivity contribution in [1.29, 1.82) is 0 Å². The Labute approximate surface area is 174 Å². The predicted octanol–water partition coefficient (Wildman–Crippen LogP) is 2.41. The van der Waals surface area contributed by atoms with Gasteiger partial charge in [0.25, 0.3) is 0 Å². The molecule has 0 saturated carbocycles. The minimum atomic E-state index is -0.713. The number of hydrogen-bond donors (Lipinski definition) is 0. The molecule has 4 rings (SSSR count). The van der Waals surface area contributed by atoms with E-state index in [1.54, 1.807) is 30.6 Å². The Balaban J connectivity index is 1.72. The van der Waals surface area contributed by atoms with Gasteiger partial charge in [-0.2, -0.15) is 10.2 Å². The van der Waals surface area contributed by atoms with Crippen molar-refractivity contribution in [3.8, 4) is 22.8 Å². The number of benzene rings is 1. The Hall–Kier alpha value is -3.81. The zero-order valence-corrected chi connectivity index (χ0v) is 15.6. The molecule has 0 unspecified atom stereocenters. The molecule has 3 aromatic heterocycles. The third kappa shape index (κ3) is 4.21. The SMILES string of the molecule is [2H]Cn1nc([2H])c(-n2nc(Cc3cccc(-c4ncc(OCC)cn4)c3)c(=O)c([2H])c2[2H])c1[2H]. The average Bonchev–Trinajstić information content (AvgIpc) is 3.13. The second-order valence-electron chi connectivity index (χ2n) is 6.05. The molecule has 0 atom stereocenters. The van der Waals surface area contributed by atoms with Crippen LogP contribution in [0.15, 0.2) is 66.0 Å². The summed E-state index contributed by atoms with van der Waals surface area (Å²) in [7, 11) is -0.390. The van der Waals surface area contributed by atoms with Crippen molar-refractivity contribution in [3.05, 3.63) is 82.7 Å². The van der Waals surface area contributed by atoms with Crippen LogP contribution in [-0.2, 0) is 13.4 Å². The highest BCUT2D eigenvalue weighted by atomic mass is 16.5. The molecule has 0 aliphatic rings. The maximum absolute atomic E-state index is 12.7. The van der Waals surface area contributed by atoms with Crippen LogP contribution in [0.25, 0.3) is 17.1 Å². The monoisotopic (exact) mass is 393 g/mol. The van der Waals surface area contributed by atoms with Crippen LogP contribution in [0, 0.1) is 0 Å². The lowest BCUT2D eigenvalue weighted by atomic mass is 10.1. The summed E-state index contributed by atoms with van der Waals surface area (Å²) in [5.41, 5.74) is 0.506. The zero-order valence-electron chi connectivity index (χ0n) is 20.6. The Morgan fingerprint density at radius 1 is 1.28 bits per heavy atom. The maximum Gasteiger partial charge on any atom is 0.203 e. The molecular formula is C21H20N6O2. The van der Waals surface area contributed by atoms with Crippen molar-refractivity contribution in [2.45, 2.75) is 13.3 Å². The molecule has 8 nitrogen and oxygen atoms in total. The van der Waals surface area contributed by atoms with Gasteiger partial charge in [0.1, 0.15) is 11.4 Å². The third-order valence-electron chi connectivity index (χ3n) is 3.98. The van der Waals surface area contributed by atoms with E-state index in [-0.39, 0.29) is 37.2 Å². The second kappa shape index (κ2) is 8.05. The molecule has 0 radical (unpaired) electrons. The normalized spacial score (nSPS) is 13.2. The summed E-state index contributed by atoms with van der Waals surface area (Å²) < 4.78 is 47.0. The van der Waals surface area contributed by atoms with Gasteiger partial charge in [-0.25, -0.2) is 14.6 Å². The fourth-order valence-electron chi connectivity index (χ4n) is 2.68. The zero-order chi connectivity index (χ0) is 24.4. The first kappa shape index (κ1) is 13.4. The molecule has 0 bridgehead atoms. The Bertz CT molecular complexity index is 1400. The van der Waals surface area contributed by atoms with E-state index < -0.39 is 17.6 Å². The van der Waals surface area contributed by atoms with Gasteiger partial charge in [-0.05, 0) is 18.6 Å². The van der Waals surface area contributed by atoms with E-state index in [0.717, 1.165) is 9.36 Å². The Kier molecular flexibility index (Phi) is 3.72. The summed E-state index contributed by atoms with van der Waals surface area (Å²) in [6, 6.07) is 6.58. The van der Waals surface area contributed by atoms with Crippen LogP contribution in [0.2, 0.25) is 0 Å². The van der Waals surface area contributed by atoms with E-state index in [9.17, 15) is 4.79 Å². The first-order valence-corrected chi connectivity index (χ1v) is 8.81. The van der Waals surface area contributed by atoms with Gasteiger partial charge in [-0.3, -0.25) is 9.48 Å². The van der Waals surface area contributed by atoms with Gasteiger partial charge < -0.3 is 4.74 Å². The van der Waals surface area contributed by atoms with Crippen LogP contribution >= 0.6 is 0 Å². The van der Waals surface area contributed by atoms with E-state index in [1.165, 1.54) is 0 Å². The topological polar surface area (TPSA) is 87.7 Å². The van der Waals surface area contributed by atoms with Gasteiger partial charge in [0.05, 0.1) is 36.8 Å². The van der Waals surface area contributed by atoms with E-state index in [1.807, 2.05) is 13.0 Å². The third-order valence-corrected chi connectivity index (χ3v) is 3.98.